The van der Waals surface area contributed by atoms with Gasteiger partial charge in [-0.15, -0.1) is 0 Å². The summed E-state index contributed by atoms with van der Waals surface area (Å²) < 4.78 is 5.59. The molecule has 1 amide bonds. The summed E-state index contributed by atoms with van der Waals surface area (Å²) in [6, 6.07) is 8.21. The third kappa shape index (κ3) is 3.73. The van der Waals surface area contributed by atoms with Crippen molar-refractivity contribution >= 4 is 5.91 Å². The van der Waals surface area contributed by atoms with Crippen molar-refractivity contribution in [2.45, 2.75) is 32.7 Å². The number of piperazine rings is 1. The van der Waals surface area contributed by atoms with Crippen molar-refractivity contribution in [3.8, 4) is 5.75 Å². The zero-order valence-corrected chi connectivity index (χ0v) is 12.6. The molecule has 1 N–H and O–H groups in total. The van der Waals surface area contributed by atoms with Crippen LogP contribution in [-0.4, -0.2) is 43.1 Å². The van der Waals surface area contributed by atoms with Gasteiger partial charge in [-0.05, 0) is 30.5 Å². The Bertz CT molecular complexity index is 442. The quantitative estimate of drug-likeness (QED) is 0.914. The predicted molar refractivity (Wildman–Crippen MR) is 80.1 cm³/mol. The van der Waals surface area contributed by atoms with E-state index in [-0.39, 0.29) is 18.6 Å². The van der Waals surface area contributed by atoms with E-state index < -0.39 is 0 Å². The van der Waals surface area contributed by atoms with Gasteiger partial charge >= 0.3 is 0 Å². The van der Waals surface area contributed by atoms with Crippen LogP contribution in [0.1, 0.15) is 32.3 Å². The predicted octanol–water partition coefficient (Wildman–Crippen LogP) is 2.01. The van der Waals surface area contributed by atoms with E-state index in [1.54, 1.807) is 0 Å². The van der Waals surface area contributed by atoms with Gasteiger partial charge in [0.2, 0.25) is 0 Å². The summed E-state index contributed by atoms with van der Waals surface area (Å²) in [5.41, 5.74) is 1.28. The van der Waals surface area contributed by atoms with Gasteiger partial charge < -0.3 is 15.0 Å². The van der Waals surface area contributed by atoms with Crippen LogP contribution >= 0.6 is 0 Å². The number of amides is 1. The van der Waals surface area contributed by atoms with Crippen LogP contribution in [0.25, 0.3) is 0 Å². The van der Waals surface area contributed by atoms with Crippen LogP contribution in [0.2, 0.25) is 0 Å². The second-order valence-corrected chi connectivity index (χ2v) is 5.65. The molecule has 1 saturated heterocycles. The fourth-order valence-electron chi connectivity index (χ4n) is 2.39. The van der Waals surface area contributed by atoms with Crippen molar-refractivity contribution in [1.82, 2.24) is 10.2 Å². The Hall–Kier alpha value is -1.55. The number of nitrogens with zero attached hydrogens (tertiary/aromatic N) is 1. The molecule has 0 saturated carbocycles. The Morgan fingerprint density at radius 2 is 2.10 bits per heavy atom. The molecule has 0 radical (unpaired) electrons. The normalized spacial score (nSPS) is 19.2. The van der Waals surface area contributed by atoms with Crippen molar-refractivity contribution < 1.29 is 9.53 Å². The zero-order valence-electron chi connectivity index (χ0n) is 12.6. The smallest absolute Gasteiger partial charge is 0.260 e. The summed E-state index contributed by atoms with van der Waals surface area (Å²) in [6.45, 7) is 8.97. The lowest BCUT2D eigenvalue weighted by molar-refractivity contribution is -0.136. The van der Waals surface area contributed by atoms with Crippen LogP contribution in [0, 0.1) is 0 Å². The fraction of sp³-hybridized carbons (Fsp3) is 0.562. The van der Waals surface area contributed by atoms with E-state index >= 15 is 0 Å². The van der Waals surface area contributed by atoms with Gasteiger partial charge in [0.1, 0.15) is 5.75 Å². The summed E-state index contributed by atoms with van der Waals surface area (Å²) in [4.78, 5) is 14.0. The molecule has 0 aromatic heterocycles. The van der Waals surface area contributed by atoms with E-state index in [0.29, 0.717) is 5.92 Å². The lowest BCUT2D eigenvalue weighted by atomic mass is 10.0. The second kappa shape index (κ2) is 6.75. The van der Waals surface area contributed by atoms with Crippen LogP contribution in [0.4, 0.5) is 0 Å². The maximum absolute atomic E-state index is 12.1. The summed E-state index contributed by atoms with van der Waals surface area (Å²) in [7, 11) is 0. The number of hydrogen-bond donors (Lipinski definition) is 1. The Labute approximate surface area is 121 Å². The highest BCUT2D eigenvalue weighted by molar-refractivity contribution is 5.78. The van der Waals surface area contributed by atoms with Gasteiger partial charge in [-0.3, -0.25) is 4.79 Å². The zero-order chi connectivity index (χ0) is 14.5. The third-order valence-corrected chi connectivity index (χ3v) is 3.73. The summed E-state index contributed by atoms with van der Waals surface area (Å²) >= 11 is 0. The standard InChI is InChI=1S/C16H24N2O2/c1-12(2)14-4-6-15(7-5-14)20-11-16(19)18-9-8-17-10-13(18)3/h4-7,12-13,17H,8-11H2,1-3H3. The molecule has 1 atom stereocenters. The molecule has 1 aromatic carbocycles. The van der Waals surface area contributed by atoms with Crippen molar-refractivity contribution in [3.05, 3.63) is 29.8 Å². The minimum atomic E-state index is 0.0620. The first-order valence-corrected chi connectivity index (χ1v) is 7.31. The summed E-state index contributed by atoms with van der Waals surface area (Å²) in [5.74, 6) is 1.32. The average Bonchev–Trinajstić information content (AvgIpc) is 2.45. The molecule has 1 unspecified atom stereocenters. The number of ether oxygens (including phenoxy) is 1. The van der Waals surface area contributed by atoms with Crippen LogP contribution in [0.3, 0.4) is 0 Å². The largest absolute Gasteiger partial charge is 0.484 e. The number of rotatable bonds is 4. The molecule has 4 heteroatoms. The number of nitrogens with one attached hydrogen (secondary N) is 1. The Kier molecular flexibility index (Phi) is 5.01. The van der Waals surface area contributed by atoms with Gasteiger partial charge in [-0.2, -0.15) is 0 Å². The molecular formula is C16H24N2O2. The highest BCUT2D eigenvalue weighted by Crippen LogP contribution is 2.18. The number of benzene rings is 1. The van der Waals surface area contributed by atoms with Crippen LogP contribution in [0.5, 0.6) is 5.75 Å². The molecule has 1 fully saturated rings. The molecule has 4 nitrogen and oxygen atoms in total. The Morgan fingerprint density at radius 3 is 2.70 bits per heavy atom. The lowest BCUT2D eigenvalue weighted by Crippen LogP contribution is -2.53. The van der Waals surface area contributed by atoms with Gasteiger partial charge in [0, 0.05) is 25.7 Å². The Balaban J connectivity index is 1.86. The van der Waals surface area contributed by atoms with E-state index in [9.17, 15) is 4.79 Å². The van der Waals surface area contributed by atoms with Crippen molar-refractivity contribution in [1.29, 1.82) is 0 Å². The first kappa shape index (κ1) is 14.9. The fourth-order valence-corrected chi connectivity index (χ4v) is 2.39. The van der Waals surface area contributed by atoms with Crippen LogP contribution in [0.15, 0.2) is 24.3 Å². The molecule has 1 aliphatic heterocycles. The second-order valence-electron chi connectivity index (χ2n) is 5.65. The van der Waals surface area contributed by atoms with Gasteiger partial charge in [0.25, 0.3) is 5.91 Å². The number of carbonyl (C=O) groups excluding carboxylic acids is 1. The number of carbonyl (C=O) groups is 1. The monoisotopic (exact) mass is 276 g/mol. The molecule has 1 aliphatic rings. The van der Waals surface area contributed by atoms with E-state index in [0.717, 1.165) is 25.4 Å². The molecule has 0 aliphatic carbocycles. The molecule has 1 heterocycles. The van der Waals surface area contributed by atoms with E-state index in [1.807, 2.05) is 17.0 Å². The minimum absolute atomic E-state index is 0.0620. The molecule has 20 heavy (non-hydrogen) atoms. The molecule has 2 rings (SSSR count). The first-order valence-electron chi connectivity index (χ1n) is 7.31. The van der Waals surface area contributed by atoms with Crippen molar-refractivity contribution in [3.63, 3.8) is 0 Å². The minimum Gasteiger partial charge on any atom is -0.484 e. The van der Waals surface area contributed by atoms with Crippen LogP contribution < -0.4 is 10.1 Å². The SMILES string of the molecule is CC(C)c1ccc(OCC(=O)N2CCNCC2C)cc1. The topological polar surface area (TPSA) is 41.6 Å². The highest BCUT2D eigenvalue weighted by atomic mass is 16.5. The summed E-state index contributed by atoms with van der Waals surface area (Å²) in [6.07, 6.45) is 0. The van der Waals surface area contributed by atoms with E-state index in [1.165, 1.54) is 5.56 Å². The lowest BCUT2D eigenvalue weighted by Gasteiger charge is -2.33. The van der Waals surface area contributed by atoms with Gasteiger partial charge in [0.15, 0.2) is 6.61 Å². The average molecular weight is 276 g/mol. The van der Waals surface area contributed by atoms with E-state index in [4.69, 9.17) is 4.74 Å². The van der Waals surface area contributed by atoms with Gasteiger partial charge in [-0.25, -0.2) is 0 Å². The van der Waals surface area contributed by atoms with Crippen LogP contribution in [-0.2, 0) is 4.79 Å². The maximum Gasteiger partial charge on any atom is 0.260 e. The number of hydrogen-bond acceptors (Lipinski definition) is 3. The highest BCUT2D eigenvalue weighted by Gasteiger charge is 2.22. The van der Waals surface area contributed by atoms with E-state index in [2.05, 4.69) is 38.2 Å². The first-order chi connectivity index (χ1) is 9.58. The van der Waals surface area contributed by atoms with Crippen molar-refractivity contribution in [2.24, 2.45) is 0 Å². The molecule has 0 bridgehead atoms. The summed E-state index contributed by atoms with van der Waals surface area (Å²) in [5, 5.41) is 3.28. The molecule has 0 spiro atoms. The Morgan fingerprint density at radius 1 is 1.40 bits per heavy atom. The van der Waals surface area contributed by atoms with Gasteiger partial charge in [-0.1, -0.05) is 26.0 Å². The molecule has 110 valence electrons. The van der Waals surface area contributed by atoms with Crippen molar-refractivity contribution in [2.75, 3.05) is 26.2 Å². The third-order valence-electron chi connectivity index (χ3n) is 3.73. The molecular weight excluding hydrogens is 252 g/mol. The maximum atomic E-state index is 12.1. The molecule has 1 aromatic rings. The van der Waals surface area contributed by atoms with Gasteiger partial charge in [0.05, 0.1) is 0 Å².